The Hall–Kier alpha value is -3.22. The molecule has 1 atom stereocenters. The molecule has 0 spiro atoms. The van der Waals surface area contributed by atoms with Crippen LogP contribution in [0.2, 0.25) is 0 Å². The lowest BCUT2D eigenvalue weighted by atomic mass is 9.62. The standard InChI is InChI=1S/C23H21F2NO4/c1-12-19(23(2,22(29)30)14-6-4-7-14)18-16(9-10-17(27)20(18)25)26(12)21(28)13-5-3-8-15(24)11-13/h3,5,8-11,14,27H,4,6-7H2,1-2H3,(H,29,30)/t23-/m1/s1. The van der Waals surface area contributed by atoms with Gasteiger partial charge in [-0.1, -0.05) is 12.5 Å². The van der Waals surface area contributed by atoms with Gasteiger partial charge in [-0.2, -0.15) is 0 Å². The first kappa shape index (κ1) is 20.1. The van der Waals surface area contributed by atoms with Gasteiger partial charge in [0.05, 0.1) is 10.9 Å². The molecular formula is C23H21F2NO4. The molecule has 5 nitrogen and oxygen atoms in total. The molecule has 0 aliphatic heterocycles. The second-order valence-electron chi connectivity index (χ2n) is 8.04. The van der Waals surface area contributed by atoms with Crippen LogP contribution < -0.4 is 0 Å². The Morgan fingerprint density at radius 2 is 1.87 bits per heavy atom. The van der Waals surface area contributed by atoms with E-state index in [9.17, 15) is 24.2 Å². The molecule has 156 valence electrons. The van der Waals surface area contributed by atoms with Gasteiger partial charge in [0.15, 0.2) is 11.6 Å². The molecule has 0 amide bonds. The van der Waals surface area contributed by atoms with Crippen molar-refractivity contribution in [2.45, 2.75) is 38.5 Å². The van der Waals surface area contributed by atoms with Crippen molar-refractivity contribution in [3.63, 3.8) is 0 Å². The summed E-state index contributed by atoms with van der Waals surface area (Å²) < 4.78 is 30.0. The van der Waals surface area contributed by atoms with Gasteiger partial charge in [0.2, 0.25) is 0 Å². The largest absolute Gasteiger partial charge is 0.505 e. The molecule has 0 bridgehead atoms. The van der Waals surface area contributed by atoms with Gasteiger partial charge in [-0.05, 0) is 62.9 Å². The molecule has 30 heavy (non-hydrogen) atoms. The third kappa shape index (κ3) is 2.72. The number of hydrogen-bond acceptors (Lipinski definition) is 3. The van der Waals surface area contributed by atoms with Crippen molar-refractivity contribution in [3.8, 4) is 5.75 Å². The summed E-state index contributed by atoms with van der Waals surface area (Å²) in [7, 11) is 0. The zero-order valence-corrected chi connectivity index (χ0v) is 16.6. The minimum atomic E-state index is -1.44. The number of hydrogen-bond donors (Lipinski definition) is 2. The summed E-state index contributed by atoms with van der Waals surface area (Å²) in [4.78, 5) is 25.7. The fourth-order valence-corrected chi connectivity index (χ4v) is 4.57. The fraction of sp³-hybridized carbons (Fsp3) is 0.304. The predicted octanol–water partition coefficient (Wildman–Crippen LogP) is 4.76. The summed E-state index contributed by atoms with van der Waals surface area (Å²) in [6, 6.07) is 7.62. The van der Waals surface area contributed by atoms with Crippen LogP contribution >= 0.6 is 0 Å². The normalized spacial score (nSPS) is 16.3. The Morgan fingerprint density at radius 1 is 1.17 bits per heavy atom. The summed E-state index contributed by atoms with van der Waals surface area (Å²) in [6.45, 7) is 3.10. The molecular weight excluding hydrogens is 392 g/mol. The molecule has 1 aliphatic carbocycles. The number of halogens is 2. The van der Waals surface area contributed by atoms with Crippen molar-refractivity contribution in [1.29, 1.82) is 0 Å². The lowest BCUT2D eigenvalue weighted by Gasteiger charge is -2.40. The van der Waals surface area contributed by atoms with Crippen LogP contribution in [-0.4, -0.2) is 26.7 Å². The number of carboxylic acids is 1. The Kier molecular flexibility index (Phi) is 4.64. The van der Waals surface area contributed by atoms with Crippen molar-refractivity contribution in [2.75, 3.05) is 0 Å². The van der Waals surface area contributed by atoms with Crippen molar-refractivity contribution in [1.82, 2.24) is 4.57 Å². The average molecular weight is 413 g/mol. The Bertz CT molecular complexity index is 1200. The van der Waals surface area contributed by atoms with Crippen LogP contribution in [0.15, 0.2) is 36.4 Å². The molecule has 1 aliphatic rings. The number of rotatable bonds is 4. The number of phenols is 1. The number of benzene rings is 2. The van der Waals surface area contributed by atoms with Gasteiger partial charge in [0, 0.05) is 22.2 Å². The number of phenolic OH excluding ortho intramolecular Hbond substituents is 1. The maximum atomic E-state index is 15.1. The first-order valence-corrected chi connectivity index (χ1v) is 9.74. The fourth-order valence-electron chi connectivity index (χ4n) is 4.57. The SMILES string of the molecule is Cc1c([C@](C)(C(=O)O)C2CCC2)c2c(F)c(O)ccc2n1C(=O)c1cccc(F)c1. The highest BCUT2D eigenvalue weighted by atomic mass is 19.1. The molecule has 4 rings (SSSR count). The van der Waals surface area contributed by atoms with E-state index in [0.717, 1.165) is 18.6 Å². The molecule has 0 radical (unpaired) electrons. The number of carbonyl (C=O) groups is 2. The van der Waals surface area contributed by atoms with Crippen LogP contribution in [0.5, 0.6) is 5.75 Å². The molecule has 1 aromatic heterocycles. The first-order chi connectivity index (χ1) is 14.2. The summed E-state index contributed by atoms with van der Waals surface area (Å²) in [5, 5.41) is 20.0. The number of nitrogens with zero attached hydrogens (tertiary/aromatic N) is 1. The highest BCUT2D eigenvalue weighted by Gasteiger charge is 2.49. The summed E-state index contributed by atoms with van der Waals surface area (Å²) in [5.74, 6) is -4.13. The van der Waals surface area contributed by atoms with E-state index in [2.05, 4.69) is 0 Å². The molecule has 1 saturated carbocycles. The van der Waals surface area contributed by atoms with Gasteiger partial charge in [-0.15, -0.1) is 0 Å². The summed E-state index contributed by atoms with van der Waals surface area (Å²) in [5.41, 5.74) is -0.814. The van der Waals surface area contributed by atoms with Gasteiger partial charge in [0.25, 0.3) is 5.91 Å². The molecule has 3 aromatic rings. The van der Waals surface area contributed by atoms with Gasteiger partial charge in [-0.3, -0.25) is 14.2 Å². The zero-order valence-electron chi connectivity index (χ0n) is 16.6. The van der Waals surface area contributed by atoms with E-state index in [1.54, 1.807) is 13.8 Å². The molecule has 1 heterocycles. The van der Waals surface area contributed by atoms with Crippen molar-refractivity contribution < 1.29 is 28.6 Å². The Balaban J connectivity index is 2.07. The number of carbonyl (C=O) groups excluding carboxylic acids is 1. The molecule has 7 heteroatoms. The van der Waals surface area contributed by atoms with E-state index in [0.29, 0.717) is 12.8 Å². The van der Waals surface area contributed by atoms with Crippen molar-refractivity contribution in [3.05, 3.63) is 64.9 Å². The van der Waals surface area contributed by atoms with Crippen LogP contribution in [0.1, 0.15) is 47.8 Å². The maximum Gasteiger partial charge on any atom is 0.314 e. The molecule has 2 aromatic carbocycles. The topological polar surface area (TPSA) is 79.5 Å². The highest BCUT2D eigenvalue weighted by molar-refractivity contribution is 6.06. The van der Waals surface area contributed by atoms with Crippen LogP contribution in [0, 0.1) is 24.5 Å². The Morgan fingerprint density at radius 3 is 2.43 bits per heavy atom. The monoisotopic (exact) mass is 413 g/mol. The second kappa shape index (κ2) is 6.93. The van der Waals surface area contributed by atoms with Crippen LogP contribution in [0.3, 0.4) is 0 Å². The van der Waals surface area contributed by atoms with Crippen molar-refractivity contribution >= 4 is 22.8 Å². The number of carboxylic acid groups (broad SMARTS) is 1. The smallest absolute Gasteiger partial charge is 0.314 e. The second-order valence-corrected chi connectivity index (χ2v) is 8.04. The maximum absolute atomic E-state index is 15.1. The minimum absolute atomic E-state index is 0.0516. The minimum Gasteiger partial charge on any atom is -0.505 e. The Labute approximate surface area is 171 Å². The summed E-state index contributed by atoms with van der Waals surface area (Å²) in [6.07, 6.45) is 2.22. The van der Waals surface area contributed by atoms with E-state index in [1.807, 2.05) is 0 Å². The lowest BCUT2D eigenvalue weighted by molar-refractivity contribution is -0.146. The quantitative estimate of drug-likeness (QED) is 0.646. The average Bonchev–Trinajstić information content (AvgIpc) is 2.95. The van der Waals surface area contributed by atoms with E-state index < -0.39 is 34.7 Å². The first-order valence-electron chi connectivity index (χ1n) is 9.74. The highest BCUT2D eigenvalue weighted by Crippen LogP contribution is 2.49. The van der Waals surface area contributed by atoms with E-state index in [1.165, 1.54) is 28.8 Å². The van der Waals surface area contributed by atoms with E-state index in [4.69, 9.17) is 0 Å². The molecule has 2 N–H and O–H groups in total. The van der Waals surface area contributed by atoms with Crippen LogP contribution in [0.4, 0.5) is 8.78 Å². The van der Waals surface area contributed by atoms with Gasteiger partial charge in [0.1, 0.15) is 5.82 Å². The molecule has 0 unspecified atom stereocenters. The summed E-state index contributed by atoms with van der Waals surface area (Å²) >= 11 is 0. The predicted molar refractivity (Wildman–Crippen MR) is 107 cm³/mol. The number of aromatic nitrogens is 1. The van der Waals surface area contributed by atoms with Gasteiger partial charge < -0.3 is 10.2 Å². The number of fused-ring (bicyclic) bond motifs is 1. The lowest BCUT2D eigenvalue weighted by Crippen LogP contribution is -2.44. The number of aromatic hydroxyl groups is 1. The van der Waals surface area contributed by atoms with Gasteiger partial charge in [-0.25, -0.2) is 8.78 Å². The van der Waals surface area contributed by atoms with Crippen molar-refractivity contribution in [2.24, 2.45) is 5.92 Å². The molecule has 1 fully saturated rings. The zero-order chi connectivity index (χ0) is 21.8. The van der Waals surface area contributed by atoms with Gasteiger partial charge >= 0.3 is 5.97 Å². The number of aliphatic carboxylic acids is 1. The third-order valence-electron chi connectivity index (χ3n) is 6.45. The third-order valence-corrected chi connectivity index (χ3v) is 6.45. The van der Waals surface area contributed by atoms with Crippen LogP contribution in [-0.2, 0) is 10.2 Å². The molecule has 0 saturated heterocycles. The van der Waals surface area contributed by atoms with E-state index in [-0.39, 0.29) is 33.6 Å². The van der Waals surface area contributed by atoms with E-state index >= 15 is 4.39 Å². The van der Waals surface area contributed by atoms with Crippen LogP contribution in [0.25, 0.3) is 10.9 Å².